The maximum Gasteiger partial charge on any atom is 0.250 e. The minimum atomic E-state index is -0.699. The Morgan fingerprint density at radius 3 is 2.78 bits per heavy atom. The Kier molecular flexibility index (Phi) is 5.82. The summed E-state index contributed by atoms with van der Waals surface area (Å²) in [5.41, 5.74) is 12.5. The molecule has 8 nitrogen and oxygen atoms in total. The first kappa shape index (κ1) is 19.0. The molecule has 0 saturated heterocycles. The lowest BCUT2D eigenvalue weighted by molar-refractivity contribution is 0.1000. The second-order valence-electron chi connectivity index (χ2n) is 6.63. The van der Waals surface area contributed by atoms with Crippen LogP contribution in [0.4, 0.5) is 21.5 Å². The van der Waals surface area contributed by atoms with Gasteiger partial charge in [-0.05, 0) is 25.0 Å². The number of aliphatic hydroxyl groups is 1. The van der Waals surface area contributed by atoms with E-state index in [1.807, 2.05) is 0 Å². The summed E-state index contributed by atoms with van der Waals surface area (Å²) in [4.78, 5) is 19.3. The number of carbonyl (C=O) groups excluding carboxylic acids is 1. The summed E-state index contributed by atoms with van der Waals surface area (Å²) in [7, 11) is 0. The highest BCUT2D eigenvalue weighted by Crippen LogP contribution is 2.34. The van der Waals surface area contributed by atoms with Gasteiger partial charge in [-0.1, -0.05) is 17.3 Å². The van der Waals surface area contributed by atoms with Crippen LogP contribution < -0.4 is 21.9 Å². The smallest absolute Gasteiger partial charge is 0.250 e. The molecule has 0 spiro atoms. The number of nitrogens with one attached hydrogen (secondary N) is 1. The van der Waals surface area contributed by atoms with Crippen molar-refractivity contribution in [3.05, 3.63) is 42.0 Å². The van der Waals surface area contributed by atoms with Gasteiger partial charge < -0.3 is 21.9 Å². The molecule has 0 bridgehead atoms. The molecule has 27 heavy (non-hydrogen) atoms. The van der Waals surface area contributed by atoms with E-state index in [9.17, 15) is 9.90 Å². The van der Waals surface area contributed by atoms with Gasteiger partial charge in [-0.25, -0.2) is 0 Å². The van der Waals surface area contributed by atoms with Gasteiger partial charge in [0.1, 0.15) is 5.69 Å². The molecule has 1 saturated carbocycles. The molecule has 0 radical (unpaired) electrons. The fourth-order valence-corrected chi connectivity index (χ4v) is 3.19. The van der Waals surface area contributed by atoms with Crippen molar-refractivity contribution in [2.45, 2.75) is 44.4 Å². The monoisotopic (exact) mass is 374 g/mol. The zero-order chi connectivity index (χ0) is 19.4. The fourth-order valence-electron chi connectivity index (χ4n) is 3.19. The molecule has 9 heteroatoms. The topological polar surface area (TPSA) is 130 Å². The Bertz CT molecular complexity index is 818. The Hall–Kier alpha value is -2.78. The van der Waals surface area contributed by atoms with Crippen LogP contribution >= 0.6 is 0 Å². The highest BCUT2D eigenvalue weighted by atomic mass is 19.2. The number of aromatic nitrogens is 2. The summed E-state index contributed by atoms with van der Waals surface area (Å²) in [6.07, 6.45) is 7.93. The standard InChI is InChI=1S/C18H23FN6O2/c19-25(13-5-11(18(21)27)7-22-8-13)17-6-12(10-26)23-9-16(17)24-15-4-2-1-3-14(15)20/h5-9,14-15,24,26H,1-4,10,20H2,(H2,21,27). The van der Waals surface area contributed by atoms with Gasteiger partial charge in [-0.15, -0.1) is 0 Å². The molecule has 2 unspecified atom stereocenters. The molecule has 144 valence electrons. The van der Waals surface area contributed by atoms with Crippen LogP contribution in [0.2, 0.25) is 0 Å². The number of nitrogens with zero attached hydrogens (tertiary/aromatic N) is 3. The first-order valence-electron chi connectivity index (χ1n) is 8.82. The van der Waals surface area contributed by atoms with Crippen LogP contribution in [0.25, 0.3) is 0 Å². The molecule has 2 aromatic rings. The van der Waals surface area contributed by atoms with Gasteiger partial charge in [0.15, 0.2) is 0 Å². The van der Waals surface area contributed by atoms with E-state index in [4.69, 9.17) is 11.5 Å². The summed E-state index contributed by atoms with van der Waals surface area (Å²) in [5, 5.41) is 13.0. The van der Waals surface area contributed by atoms with Gasteiger partial charge in [-0.3, -0.25) is 14.8 Å². The molecule has 6 N–H and O–H groups in total. The molecule has 2 aromatic heterocycles. The van der Waals surface area contributed by atoms with Gasteiger partial charge in [-0.2, -0.15) is 5.12 Å². The minimum absolute atomic E-state index is 0.00255. The zero-order valence-electron chi connectivity index (χ0n) is 14.8. The van der Waals surface area contributed by atoms with E-state index in [0.717, 1.165) is 25.7 Å². The first-order chi connectivity index (χ1) is 13.0. The van der Waals surface area contributed by atoms with E-state index in [-0.39, 0.29) is 35.6 Å². The summed E-state index contributed by atoms with van der Waals surface area (Å²) < 4.78 is 15.2. The predicted molar refractivity (Wildman–Crippen MR) is 100 cm³/mol. The van der Waals surface area contributed by atoms with Crippen molar-refractivity contribution in [2.24, 2.45) is 11.5 Å². The Balaban J connectivity index is 1.94. The van der Waals surface area contributed by atoms with Crippen molar-refractivity contribution in [1.82, 2.24) is 9.97 Å². The molecule has 1 aliphatic rings. The van der Waals surface area contributed by atoms with Gasteiger partial charge in [0, 0.05) is 18.3 Å². The lowest BCUT2D eigenvalue weighted by Gasteiger charge is -2.31. The van der Waals surface area contributed by atoms with Crippen LogP contribution in [0.1, 0.15) is 41.7 Å². The number of halogens is 1. The van der Waals surface area contributed by atoms with E-state index >= 15 is 4.48 Å². The van der Waals surface area contributed by atoms with Crippen molar-refractivity contribution in [1.29, 1.82) is 0 Å². The lowest BCUT2D eigenvalue weighted by Crippen LogP contribution is -2.42. The number of primary amides is 1. The first-order valence-corrected chi connectivity index (χ1v) is 8.82. The van der Waals surface area contributed by atoms with Crippen molar-refractivity contribution >= 4 is 23.0 Å². The molecular weight excluding hydrogens is 351 g/mol. The largest absolute Gasteiger partial charge is 0.390 e. The number of nitrogens with two attached hydrogens (primary N) is 2. The number of anilines is 3. The Labute approximate surface area is 156 Å². The van der Waals surface area contributed by atoms with Gasteiger partial charge in [0.05, 0.1) is 41.6 Å². The second-order valence-corrected chi connectivity index (χ2v) is 6.63. The number of amides is 1. The van der Waals surface area contributed by atoms with Crippen LogP contribution in [-0.4, -0.2) is 33.1 Å². The Morgan fingerprint density at radius 2 is 2.07 bits per heavy atom. The molecule has 2 atom stereocenters. The molecule has 3 rings (SSSR count). The number of pyridine rings is 2. The van der Waals surface area contributed by atoms with E-state index in [1.54, 1.807) is 0 Å². The third-order valence-electron chi connectivity index (χ3n) is 4.71. The average Bonchev–Trinajstić information content (AvgIpc) is 2.69. The van der Waals surface area contributed by atoms with Crippen LogP contribution in [0.3, 0.4) is 0 Å². The van der Waals surface area contributed by atoms with E-state index in [2.05, 4.69) is 15.3 Å². The summed E-state index contributed by atoms with van der Waals surface area (Å²) in [5.74, 6) is -0.699. The van der Waals surface area contributed by atoms with Crippen LogP contribution in [0.5, 0.6) is 0 Å². The Morgan fingerprint density at radius 1 is 1.30 bits per heavy atom. The number of hydrogen-bond acceptors (Lipinski definition) is 7. The molecule has 1 fully saturated rings. The fraction of sp³-hybridized carbons (Fsp3) is 0.389. The maximum absolute atomic E-state index is 15.2. The van der Waals surface area contributed by atoms with E-state index in [1.165, 1.54) is 30.7 Å². The number of rotatable bonds is 6. The SMILES string of the molecule is NC(=O)c1cncc(N(F)c2cc(CO)ncc2NC2CCCCC2N)c1. The second kappa shape index (κ2) is 8.28. The highest BCUT2D eigenvalue weighted by Gasteiger charge is 2.24. The lowest BCUT2D eigenvalue weighted by atomic mass is 9.91. The number of carbonyl (C=O) groups is 1. The predicted octanol–water partition coefficient (Wildman–Crippen LogP) is 1.77. The van der Waals surface area contributed by atoms with Crippen molar-refractivity contribution in [3.63, 3.8) is 0 Å². The molecular formula is C18H23FN6O2. The van der Waals surface area contributed by atoms with Crippen molar-refractivity contribution in [2.75, 3.05) is 10.4 Å². The third-order valence-corrected chi connectivity index (χ3v) is 4.71. The molecule has 2 heterocycles. The minimum Gasteiger partial charge on any atom is -0.390 e. The molecule has 1 aliphatic carbocycles. The van der Waals surface area contributed by atoms with E-state index < -0.39 is 5.91 Å². The zero-order valence-corrected chi connectivity index (χ0v) is 14.8. The number of aliphatic hydroxyl groups excluding tert-OH is 1. The maximum atomic E-state index is 15.2. The van der Waals surface area contributed by atoms with Crippen molar-refractivity contribution < 1.29 is 14.4 Å². The third kappa shape index (κ3) is 4.32. The quantitative estimate of drug-likeness (QED) is 0.567. The van der Waals surface area contributed by atoms with Crippen LogP contribution in [0.15, 0.2) is 30.7 Å². The van der Waals surface area contributed by atoms with Crippen LogP contribution in [0, 0.1) is 0 Å². The summed E-state index contributed by atoms with van der Waals surface area (Å²) >= 11 is 0. The molecule has 1 amide bonds. The highest BCUT2D eigenvalue weighted by molar-refractivity contribution is 5.93. The summed E-state index contributed by atoms with van der Waals surface area (Å²) in [6.45, 7) is -0.330. The molecule has 0 aliphatic heterocycles. The molecule has 0 aromatic carbocycles. The van der Waals surface area contributed by atoms with Gasteiger partial charge in [0.2, 0.25) is 5.91 Å². The van der Waals surface area contributed by atoms with Crippen molar-refractivity contribution in [3.8, 4) is 0 Å². The van der Waals surface area contributed by atoms with Crippen LogP contribution in [-0.2, 0) is 6.61 Å². The summed E-state index contributed by atoms with van der Waals surface area (Å²) in [6, 6.07) is 2.72. The normalized spacial score (nSPS) is 19.5. The van der Waals surface area contributed by atoms with Gasteiger partial charge in [0.25, 0.3) is 0 Å². The van der Waals surface area contributed by atoms with Gasteiger partial charge >= 0.3 is 0 Å². The average molecular weight is 374 g/mol. The van der Waals surface area contributed by atoms with E-state index in [0.29, 0.717) is 16.5 Å². The number of hydrogen-bond donors (Lipinski definition) is 4.